The van der Waals surface area contributed by atoms with Gasteiger partial charge in [0.2, 0.25) is 0 Å². The standard InChI is InChI=1S/C43H27N3S/c1-3-12-28(13-4-1)30-16-9-17-31(24-30)32-18-10-20-34(25-32)42-44-41(29-14-5-2-6-15-29)45-43(46-42)36-22-11-19-33-26-38-35-21-7-8-23-39(35)47-40(38)27-37(33)36/h1-27H. The zero-order valence-corrected chi connectivity index (χ0v) is 26.2. The Hall–Kier alpha value is -5.97. The van der Waals surface area contributed by atoms with E-state index >= 15 is 0 Å². The fourth-order valence-electron chi connectivity index (χ4n) is 6.38. The Morgan fingerprint density at radius 2 is 0.872 bits per heavy atom. The van der Waals surface area contributed by atoms with Crippen LogP contribution in [-0.2, 0) is 0 Å². The maximum atomic E-state index is 5.15. The first-order valence-corrected chi connectivity index (χ1v) is 16.5. The molecular formula is C43H27N3S. The van der Waals surface area contributed by atoms with Crippen molar-refractivity contribution in [3.8, 4) is 56.4 Å². The fraction of sp³-hybridized carbons (Fsp3) is 0. The highest BCUT2D eigenvalue weighted by Gasteiger charge is 2.16. The molecule has 0 saturated heterocycles. The normalized spacial score (nSPS) is 11.4. The van der Waals surface area contributed by atoms with Crippen LogP contribution >= 0.6 is 11.3 Å². The van der Waals surface area contributed by atoms with Crippen molar-refractivity contribution in [3.63, 3.8) is 0 Å². The first kappa shape index (κ1) is 27.3. The van der Waals surface area contributed by atoms with Crippen LogP contribution in [0, 0.1) is 0 Å². The Morgan fingerprint density at radius 1 is 0.319 bits per heavy atom. The Labute approximate surface area is 276 Å². The number of nitrogens with zero attached hydrogens (tertiary/aromatic N) is 3. The summed E-state index contributed by atoms with van der Waals surface area (Å²) in [6.45, 7) is 0. The van der Waals surface area contributed by atoms with E-state index in [1.807, 2.05) is 35.6 Å². The number of aromatic nitrogens is 3. The SMILES string of the molecule is c1ccc(-c2cccc(-c3cccc(-c4nc(-c5ccccc5)nc(-c5cccc6cc7c(cc56)sc5ccccc57)n4)c3)c2)cc1. The lowest BCUT2D eigenvalue weighted by Gasteiger charge is -2.12. The third-order valence-corrected chi connectivity index (χ3v) is 9.84. The molecule has 0 atom stereocenters. The number of fused-ring (bicyclic) bond motifs is 4. The van der Waals surface area contributed by atoms with Crippen LogP contribution in [0.2, 0.25) is 0 Å². The molecule has 2 heterocycles. The highest BCUT2D eigenvalue weighted by Crippen LogP contribution is 2.39. The van der Waals surface area contributed by atoms with Gasteiger partial charge in [-0.3, -0.25) is 0 Å². The predicted octanol–water partition coefficient (Wildman–Crippen LogP) is 11.7. The van der Waals surface area contributed by atoms with E-state index in [4.69, 9.17) is 15.0 Å². The molecule has 9 aromatic rings. The molecule has 3 nitrogen and oxygen atoms in total. The van der Waals surface area contributed by atoms with Crippen molar-refractivity contribution in [3.05, 3.63) is 164 Å². The number of rotatable bonds is 5. The van der Waals surface area contributed by atoms with Crippen molar-refractivity contribution < 1.29 is 0 Å². The van der Waals surface area contributed by atoms with Crippen LogP contribution in [0.5, 0.6) is 0 Å². The molecule has 0 radical (unpaired) electrons. The van der Waals surface area contributed by atoms with Crippen molar-refractivity contribution in [2.45, 2.75) is 0 Å². The minimum Gasteiger partial charge on any atom is -0.208 e. The Morgan fingerprint density at radius 3 is 1.64 bits per heavy atom. The molecule has 0 amide bonds. The van der Waals surface area contributed by atoms with Crippen LogP contribution in [0.15, 0.2) is 164 Å². The minimum atomic E-state index is 0.648. The van der Waals surface area contributed by atoms with Gasteiger partial charge in [0.05, 0.1) is 0 Å². The Balaban J connectivity index is 1.21. The molecule has 4 heteroatoms. The summed E-state index contributed by atoms with van der Waals surface area (Å²) >= 11 is 1.83. The summed E-state index contributed by atoms with van der Waals surface area (Å²) in [6.07, 6.45) is 0. The van der Waals surface area contributed by atoms with Crippen LogP contribution in [0.25, 0.3) is 87.4 Å². The summed E-state index contributed by atoms with van der Waals surface area (Å²) in [6, 6.07) is 57.5. The van der Waals surface area contributed by atoms with Crippen molar-refractivity contribution in [2.24, 2.45) is 0 Å². The zero-order valence-electron chi connectivity index (χ0n) is 25.3. The van der Waals surface area contributed by atoms with E-state index in [2.05, 4.69) is 140 Å². The molecule has 9 rings (SSSR count). The summed E-state index contributed by atoms with van der Waals surface area (Å²) in [4.78, 5) is 15.3. The van der Waals surface area contributed by atoms with Crippen LogP contribution in [0.1, 0.15) is 0 Å². The van der Waals surface area contributed by atoms with Gasteiger partial charge in [-0.05, 0) is 63.4 Å². The highest BCUT2D eigenvalue weighted by molar-refractivity contribution is 7.25. The van der Waals surface area contributed by atoms with Crippen LogP contribution in [-0.4, -0.2) is 15.0 Å². The molecule has 0 aliphatic carbocycles. The summed E-state index contributed by atoms with van der Waals surface area (Å²) < 4.78 is 2.55. The number of thiophene rings is 1. The molecule has 220 valence electrons. The van der Waals surface area contributed by atoms with Crippen molar-refractivity contribution in [1.82, 2.24) is 15.0 Å². The lowest BCUT2D eigenvalue weighted by Crippen LogP contribution is -2.00. The molecule has 7 aromatic carbocycles. The van der Waals surface area contributed by atoms with Gasteiger partial charge < -0.3 is 0 Å². The Bertz CT molecular complexity index is 2570. The van der Waals surface area contributed by atoms with Gasteiger partial charge in [0, 0.05) is 36.9 Å². The van der Waals surface area contributed by atoms with Gasteiger partial charge in [-0.1, -0.05) is 133 Å². The van der Waals surface area contributed by atoms with E-state index in [-0.39, 0.29) is 0 Å². The van der Waals surface area contributed by atoms with E-state index in [1.165, 1.54) is 36.7 Å². The third-order valence-electron chi connectivity index (χ3n) is 8.71. The van der Waals surface area contributed by atoms with Gasteiger partial charge in [0.1, 0.15) is 0 Å². The van der Waals surface area contributed by atoms with Crippen LogP contribution in [0.4, 0.5) is 0 Å². The average Bonchev–Trinajstić information content (AvgIpc) is 3.52. The summed E-state index contributed by atoms with van der Waals surface area (Å²) in [7, 11) is 0. The van der Waals surface area contributed by atoms with Crippen LogP contribution < -0.4 is 0 Å². The largest absolute Gasteiger partial charge is 0.208 e. The monoisotopic (exact) mass is 617 g/mol. The fourth-order valence-corrected chi connectivity index (χ4v) is 7.51. The summed E-state index contributed by atoms with van der Waals surface area (Å²) in [5, 5.41) is 4.88. The lowest BCUT2D eigenvalue weighted by molar-refractivity contribution is 1.08. The van der Waals surface area contributed by atoms with Gasteiger partial charge in [-0.15, -0.1) is 11.3 Å². The molecule has 47 heavy (non-hydrogen) atoms. The predicted molar refractivity (Wildman–Crippen MR) is 197 cm³/mol. The van der Waals surface area contributed by atoms with Gasteiger partial charge >= 0.3 is 0 Å². The lowest BCUT2D eigenvalue weighted by atomic mass is 9.98. The Kier molecular flexibility index (Phi) is 6.65. The highest BCUT2D eigenvalue weighted by atomic mass is 32.1. The second-order valence-corrected chi connectivity index (χ2v) is 12.8. The molecule has 0 aliphatic rings. The first-order valence-electron chi connectivity index (χ1n) is 15.7. The third kappa shape index (κ3) is 5.05. The molecular weight excluding hydrogens is 591 g/mol. The smallest absolute Gasteiger partial charge is 0.164 e. The molecule has 2 aromatic heterocycles. The van der Waals surface area contributed by atoms with E-state index in [0.717, 1.165) is 33.2 Å². The van der Waals surface area contributed by atoms with E-state index < -0.39 is 0 Å². The molecule has 0 fully saturated rings. The van der Waals surface area contributed by atoms with Crippen molar-refractivity contribution in [1.29, 1.82) is 0 Å². The summed E-state index contributed by atoms with van der Waals surface area (Å²) in [5.74, 6) is 1.97. The average molecular weight is 618 g/mol. The maximum Gasteiger partial charge on any atom is 0.164 e. The summed E-state index contributed by atoms with van der Waals surface area (Å²) in [5.41, 5.74) is 7.54. The van der Waals surface area contributed by atoms with E-state index in [9.17, 15) is 0 Å². The topological polar surface area (TPSA) is 38.7 Å². The van der Waals surface area contributed by atoms with Gasteiger partial charge in [0.15, 0.2) is 17.5 Å². The second kappa shape index (κ2) is 11.4. The molecule has 0 aliphatic heterocycles. The quantitative estimate of drug-likeness (QED) is 0.193. The number of benzene rings is 7. The minimum absolute atomic E-state index is 0.648. The van der Waals surface area contributed by atoms with E-state index in [0.29, 0.717) is 17.5 Å². The first-order chi connectivity index (χ1) is 23.3. The van der Waals surface area contributed by atoms with Crippen molar-refractivity contribution >= 4 is 42.3 Å². The van der Waals surface area contributed by atoms with Crippen LogP contribution in [0.3, 0.4) is 0 Å². The molecule has 0 N–H and O–H groups in total. The molecule has 0 bridgehead atoms. The molecule has 0 saturated carbocycles. The zero-order chi connectivity index (χ0) is 31.2. The maximum absolute atomic E-state index is 5.15. The van der Waals surface area contributed by atoms with Gasteiger partial charge in [-0.25, -0.2) is 15.0 Å². The van der Waals surface area contributed by atoms with E-state index in [1.54, 1.807) is 0 Å². The number of hydrogen-bond acceptors (Lipinski definition) is 4. The van der Waals surface area contributed by atoms with Gasteiger partial charge in [0.25, 0.3) is 0 Å². The number of hydrogen-bond donors (Lipinski definition) is 0. The van der Waals surface area contributed by atoms with Gasteiger partial charge in [-0.2, -0.15) is 0 Å². The second-order valence-electron chi connectivity index (χ2n) is 11.7. The molecule has 0 unspecified atom stereocenters. The van der Waals surface area contributed by atoms with Crippen molar-refractivity contribution in [2.75, 3.05) is 0 Å². The molecule has 0 spiro atoms.